The summed E-state index contributed by atoms with van der Waals surface area (Å²) in [5, 5.41) is 0. The van der Waals surface area contributed by atoms with E-state index in [0.29, 0.717) is 0 Å². The molecule has 11 heteroatoms. The van der Waals surface area contributed by atoms with Crippen LogP contribution in [-0.2, 0) is 17.4 Å². The molecular weight excluding hydrogens is 473 g/mol. The maximum Gasteiger partial charge on any atom is 0.219 e. The van der Waals surface area contributed by atoms with E-state index in [-0.39, 0.29) is 32.3 Å². The molecule has 0 spiro atoms. The molecule has 0 unspecified atom stereocenters. The first-order chi connectivity index (χ1) is 11.3. The van der Waals surface area contributed by atoms with Gasteiger partial charge in [-0.25, -0.2) is 8.42 Å². The summed E-state index contributed by atoms with van der Waals surface area (Å²) in [6.45, 7) is 0. The second kappa shape index (κ2) is 7.04. The number of sulfone groups is 1. The van der Waals surface area contributed by atoms with Crippen molar-refractivity contribution >= 4 is 90.8 Å². The zero-order chi connectivity index (χ0) is 19.2. The van der Waals surface area contributed by atoms with E-state index in [2.05, 4.69) is 0 Å². The highest BCUT2D eigenvalue weighted by atomic mass is 35.6. The van der Waals surface area contributed by atoms with Crippen LogP contribution < -0.4 is 11.5 Å². The Bertz CT molecular complexity index is 850. The minimum absolute atomic E-state index is 0.0135. The van der Waals surface area contributed by atoms with Crippen LogP contribution in [0.15, 0.2) is 46.2 Å². The lowest BCUT2D eigenvalue weighted by Crippen LogP contribution is -2.17. The molecule has 2 aromatic carbocycles. The molecule has 0 saturated heterocycles. The first-order valence-corrected chi connectivity index (χ1v) is 10.2. The van der Waals surface area contributed by atoms with E-state index in [9.17, 15) is 8.42 Å². The Hall–Kier alpha value is -0.270. The fourth-order valence-electron chi connectivity index (χ4n) is 2.27. The maximum absolute atomic E-state index is 13.2. The van der Waals surface area contributed by atoms with Crippen LogP contribution in [0, 0.1) is 0 Å². The lowest BCUT2D eigenvalue weighted by atomic mass is 10.2. The van der Waals surface area contributed by atoms with Gasteiger partial charge in [-0.05, 0) is 24.3 Å². The Kier molecular flexibility index (Phi) is 5.92. The van der Waals surface area contributed by atoms with Gasteiger partial charge in [0, 0.05) is 22.5 Å². The molecule has 136 valence electrons. The maximum atomic E-state index is 13.2. The topological polar surface area (TPSA) is 86.2 Å². The smallest absolute Gasteiger partial charge is 0.219 e. The number of rotatable bonds is 2. The van der Waals surface area contributed by atoms with E-state index in [0.717, 1.165) is 0 Å². The molecule has 0 amide bonds. The third-order valence-electron chi connectivity index (χ3n) is 3.26. The highest BCUT2D eigenvalue weighted by Gasteiger charge is 2.38. The molecule has 25 heavy (non-hydrogen) atoms. The monoisotopic (exact) mass is 480 g/mol. The highest BCUT2D eigenvalue weighted by molar-refractivity contribution is 7.91. The number of hydrogen-bond donors (Lipinski definition) is 2. The van der Waals surface area contributed by atoms with Crippen LogP contribution in [0.3, 0.4) is 0 Å². The molecule has 0 atom stereocenters. The largest absolute Gasteiger partial charge is 0.398 e. The average Bonchev–Trinajstić information content (AvgIpc) is 2.44. The van der Waals surface area contributed by atoms with Gasteiger partial charge in [0.1, 0.15) is 0 Å². The molecule has 4 N–H and O–H groups in total. The van der Waals surface area contributed by atoms with E-state index in [1.54, 1.807) is 0 Å². The summed E-state index contributed by atoms with van der Waals surface area (Å²) in [6.07, 6.45) is 0. The molecule has 4 nitrogen and oxygen atoms in total. The Labute approximate surface area is 174 Å². The van der Waals surface area contributed by atoms with Gasteiger partial charge >= 0.3 is 0 Å². The number of anilines is 2. The van der Waals surface area contributed by atoms with E-state index >= 15 is 0 Å². The minimum atomic E-state index is -4.28. The summed E-state index contributed by atoms with van der Waals surface area (Å²) in [5.41, 5.74) is 11.2. The van der Waals surface area contributed by atoms with Crippen molar-refractivity contribution < 1.29 is 8.42 Å². The second-order valence-electron chi connectivity index (χ2n) is 4.94. The second-order valence-corrected chi connectivity index (χ2v) is 11.4. The third-order valence-corrected chi connectivity index (χ3v) is 6.24. The molecule has 0 aliphatic carbocycles. The van der Waals surface area contributed by atoms with E-state index in [1.165, 1.54) is 36.4 Å². The Morgan fingerprint density at radius 3 is 1.28 bits per heavy atom. The van der Waals surface area contributed by atoms with Gasteiger partial charge < -0.3 is 11.5 Å². The first kappa shape index (κ1) is 21.0. The van der Waals surface area contributed by atoms with Crippen LogP contribution >= 0.6 is 69.6 Å². The van der Waals surface area contributed by atoms with Crippen LogP contribution in [0.1, 0.15) is 11.1 Å². The number of benzene rings is 2. The highest BCUT2D eigenvalue weighted by Crippen LogP contribution is 2.49. The van der Waals surface area contributed by atoms with Crippen molar-refractivity contribution in [2.24, 2.45) is 0 Å². The molecular formula is C14H10Cl6N2O2S. The van der Waals surface area contributed by atoms with Gasteiger partial charge in [-0.2, -0.15) is 0 Å². The van der Waals surface area contributed by atoms with Crippen molar-refractivity contribution in [3.05, 3.63) is 47.5 Å². The molecule has 0 saturated carbocycles. The van der Waals surface area contributed by atoms with Crippen LogP contribution in [0.2, 0.25) is 0 Å². The fraction of sp³-hybridized carbons (Fsp3) is 0.143. The summed E-state index contributed by atoms with van der Waals surface area (Å²) in [7, 11) is -4.28. The Morgan fingerprint density at radius 1 is 0.680 bits per heavy atom. The number of alkyl halides is 6. The lowest BCUT2D eigenvalue weighted by Gasteiger charge is -2.22. The molecule has 0 aromatic heterocycles. The molecule has 0 bridgehead atoms. The minimum Gasteiger partial charge on any atom is -0.398 e. The van der Waals surface area contributed by atoms with Crippen molar-refractivity contribution in [1.82, 2.24) is 0 Å². The van der Waals surface area contributed by atoms with Crippen molar-refractivity contribution in [3.63, 3.8) is 0 Å². The Morgan fingerprint density at radius 2 is 1.00 bits per heavy atom. The van der Waals surface area contributed by atoms with Gasteiger partial charge in [-0.1, -0.05) is 81.7 Å². The summed E-state index contributed by atoms with van der Waals surface area (Å²) in [5.74, 6) is 0. The standard InChI is InChI=1S/C14H10Cl6N2O2S/c15-13(16,17)11-7(21)3-1-5-9(11)25(23,24)10-6-2-4-8(22)12(10)14(18,19)20/h1-6H,21-22H2. The zero-order valence-electron chi connectivity index (χ0n) is 12.1. The van der Waals surface area contributed by atoms with Gasteiger partial charge in [-0.15, -0.1) is 0 Å². The summed E-state index contributed by atoms with van der Waals surface area (Å²) in [6, 6.07) is 8.12. The van der Waals surface area contributed by atoms with E-state index in [4.69, 9.17) is 81.1 Å². The number of halogens is 6. The summed E-state index contributed by atoms with van der Waals surface area (Å²) < 4.78 is 22.2. The molecule has 0 fully saturated rings. The van der Waals surface area contributed by atoms with Crippen molar-refractivity contribution in [2.45, 2.75) is 17.4 Å². The Balaban J connectivity index is 2.89. The normalized spacial score (nSPS) is 13.0. The fourth-order valence-corrected chi connectivity index (χ4v) is 5.70. The molecule has 0 radical (unpaired) electrons. The van der Waals surface area contributed by atoms with E-state index in [1.807, 2.05) is 0 Å². The van der Waals surface area contributed by atoms with Crippen LogP contribution in [0.25, 0.3) is 0 Å². The first-order valence-electron chi connectivity index (χ1n) is 6.44. The predicted molar refractivity (Wildman–Crippen MR) is 106 cm³/mol. The van der Waals surface area contributed by atoms with Gasteiger partial charge in [0.2, 0.25) is 17.4 Å². The zero-order valence-corrected chi connectivity index (χ0v) is 17.5. The predicted octanol–water partition coefficient (Wildman–Crippen LogP) is 5.34. The summed E-state index contributed by atoms with van der Waals surface area (Å²) in [4.78, 5) is -0.651. The SMILES string of the molecule is Nc1cccc(S(=O)(=O)c2cccc(N)c2C(Cl)(Cl)Cl)c1C(Cl)(Cl)Cl. The van der Waals surface area contributed by atoms with E-state index < -0.39 is 17.4 Å². The molecule has 2 rings (SSSR count). The average molecular weight is 483 g/mol. The molecule has 0 heterocycles. The molecule has 0 aliphatic rings. The quantitative estimate of drug-likeness (QED) is 0.447. The van der Waals surface area contributed by atoms with Gasteiger partial charge in [0.15, 0.2) is 0 Å². The number of nitrogens with two attached hydrogens (primary N) is 2. The van der Waals surface area contributed by atoms with Gasteiger partial charge in [0.05, 0.1) is 9.79 Å². The van der Waals surface area contributed by atoms with Crippen LogP contribution in [0.5, 0.6) is 0 Å². The molecule has 2 aromatic rings. The van der Waals surface area contributed by atoms with Crippen LogP contribution in [0.4, 0.5) is 11.4 Å². The van der Waals surface area contributed by atoms with Crippen LogP contribution in [-0.4, -0.2) is 8.42 Å². The summed E-state index contributed by atoms with van der Waals surface area (Å²) >= 11 is 35.4. The van der Waals surface area contributed by atoms with Gasteiger partial charge in [0.25, 0.3) is 0 Å². The third kappa shape index (κ3) is 4.19. The lowest BCUT2D eigenvalue weighted by molar-refractivity contribution is 0.594. The van der Waals surface area contributed by atoms with Crippen molar-refractivity contribution in [2.75, 3.05) is 11.5 Å². The molecule has 0 aliphatic heterocycles. The van der Waals surface area contributed by atoms with Crippen molar-refractivity contribution in [3.8, 4) is 0 Å². The van der Waals surface area contributed by atoms with Crippen molar-refractivity contribution in [1.29, 1.82) is 0 Å². The van der Waals surface area contributed by atoms with Gasteiger partial charge in [-0.3, -0.25) is 0 Å². The number of nitrogen functional groups attached to an aromatic ring is 2. The number of hydrogen-bond acceptors (Lipinski definition) is 4.